The largest absolute Gasteiger partial charge is 0.324 e. The fourth-order valence-corrected chi connectivity index (χ4v) is 2.36. The SMILES string of the molecule is NC(Cc1cc(Br)ccc1[N+](=O)[O-])c1ccccc1. The van der Waals surface area contributed by atoms with Gasteiger partial charge in [0.1, 0.15) is 0 Å². The molecule has 4 nitrogen and oxygen atoms in total. The van der Waals surface area contributed by atoms with E-state index in [1.165, 1.54) is 6.07 Å². The Morgan fingerprint density at radius 2 is 1.89 bits per heavy atom. The fourth-order valence-electron chi connectivity index (χ4n) is 1.95. The topological polar surface area (TPSA) is 69.2 Å². The van der Waals surface area contributed by atoms with E-state index in [0.717, 1.165) is 10.0 Å². The van der Waals surface area contributed by atoms with Crippen LogP contribution in [0.3, 0.4) is 0 Å². The van der Waals surface area contributed by atoms with Crippen molar-refractivity contribution in [2.24, 2.45) is 5.73 Å². The van der Waals surface area contributed by atoms with Crippen molar-refractivity contribution < 1.29 is 4.92 Å². The summed E-state index contributed by atoms with van der Waals surface area (Å²) in [6.07, 6.45) is 0.430. The number of hydrogen-bond acceptors (Lipinski definition) is 3. The molecule has 0 amide bonds. The predicted octanol–water partition coefficient (Wildman–Crippen LogP) is 3.60. The van der Waals surface area contributed by atoms with E-state index < -0.39 is 0 Å². The van der Waals surface area contributed by atoms with Gasteiger partial charge in [0.05, 0.1) is 4.92 Å². The maximum atomic E-state index is 11.0. The summed E-state index contributed by atoms with van der Waals surface area (Å²) in [4.78, 5) is 10.6. The van der Waals surface area contributed by atoms with Crippen LogP contribution >= 0.6 is 15.9 Å². The van der Waals surface area contributed by atoms with Gasteiger partial charge in [-0.1, -0.05) is 46.3 Å². The molecule has 0 aliphatic carbocycles. The Morgan fingerprint density at radius 3 is 2.53 bits per heavy atom. The highest BCUT2D eigenvalue weighted by Crippen LogP contribution is 2.27. The van der Waals surface area contributed by atoms with E-state index in [1.807, 2.05) is 30.3 Å². The summed E-state index contributed by atoms with van der Waals surface area (Å²) in [6, 6.07) is 14.2. The van der Waals surface area contributed by atoms with Gasteiger partial charge in [-0.3, -0.25) is 10.1 Å². The molecule has 0 radical (unpaired) electrons. The van der Waals surface area contributed by atoms with Gasteiger partial charge in [-0.2, -0.15) is 0 Å². The minimum Gasteiger partial charge on any atom is -0.324 e. The van der Waals surface area contributed by atoms with Crippen LogP contribution in [0, 0.1) is 10.1 Å². The molecule has 2 N–H and O–H groups in total. The first kappa shape index (κ1) is 13.7. The van der Waals surface area contributed by atoms with E-state index in [-0.39, 0.29) is 16.7 Å². The highest BCUT2D eigenvalue weighted by molar-refractivity contribution is 9.10. The molecule has 0 bridgehead atoms. The van der Waals surface area contributed by atoms with Gasteiger partial charge in [0.25, 0.3) is 5.69 Å². The van der Waals surface area contributed by atoms with Crippen molar-refractivity contribution in [1.29, 1.82) is 0 Å². The Morgan fingerprint density at radius 1 is 1.21 bits per heavy atom. The van der Waals surface area contributed by atoms with E-state index in [4.69, 9.17) is 5.73 Å². The van der Waals surface area contributed by atoms with E-state index in [1.54, 1.807) is 12.1 Å². The summed E-state index contributed by atoms with van der Waals surface area (Å²) in [7, 11) is 0. The zero-order valence-electron chi connectivity index (χ0n) is 10.1. The molecule has 0 fully saturated rings. The van der Waals surface area contributed by atoms with Gasteiger partial charge in [-0.15, -0.1) is 0 Å². The Bertz CT molecular complexity index is 587. The smallest absolute Gasteiger partial charge is 0.272 e. The molecule has 2 aromatic rings. The first-order chi connectivity index (χ1) is 9.08. The zero-order valence-corrected chi connectivity index (χ0v) is 11.7. The van der Waals surface area contributed by atoms with Crippen LogP contribution in [0.4, 0.5) is 5.69 Å². The van der Waals surface area contributed by atoms with Crippen molar-refractivity contribution >= 4 is 21.6 Å². The number of halogens is 1. The first-order valence-electron chi connectivity index (χ1n) is 5.81. The molecule has 98 valence electrons. The Balaban J connectivity index is 2.28. The summed E-state index contributed by atoms with van der Waals surface area (Å²) in [5.41, 5.74) is 7.82. The molecule has 0 spiro atoms. The third-order valence-corrected chi connectivity index (χ3v) is 3.40. The van der Waals surface area contributed by atoms with E-state index >= 15 is 0 Å². The second-order valence-electron chi connectivity index (χ2n) is 4.25. The van der Waals surface area contributed by atoms with Crippen LogP contribution in [0.15, 0.2) is 53.0 Å². The quantitative estimate of drug-likeness (QED) is 0.691. The number of nitrogens with zero attached hydrogens (tertiary/aromatic N) is 1. The standard InChI is InChI=1S/C14H13BrN2O2/c15-12-6-7-14(17(18)19)11(8-12)9-13(16)10-4-2-1-3-5-10/h1-8,13H,9,16H2. The van der Waals surface area contributed by atoms with Crippen molar-refractivity contribution in [3.8, 4) is 0 Å². The maximum absolute atomic E-state index is 11.0. The molecule has 2 aromatic carbocycles. The molecule has 1 unspecified atom stereocenters. The van der Waals surface area contributed by atoms with Gasteiger partial charge < -0.3 is 5.73 Å². The minimum atomic E-state index is -0.376. The van der Waals surface area contributed by atoms with Crippen LogP contribution in [-0.2, 0) is 6.42 Å². The average Bonchev–Trinajstić information content (AvgIpc) is 2.39. The van der Waals surface area contributed by atoms with Crippen LogP contribution in [0.2, 0.25) is 0 Å². The third-order valence-electron chi connectivity index (χ3n) is 2.91. The first-order valence-corrected chi connectivity index (χ1v) is 6.60. The van der Waals surface area contributed by atoms with Crippen molar-refractivity contribution in [3.05, 3.63) is 74.2 Å². The summed E-state index contributed by atoms with van der Waals surface area (Å²) in [5, 5.41) is 11.0. The molecule has 0 heterocycles. The van der Waals surface area contributed by atoms with Crippen molar-refractivity contribution in [1.82, 2.24) is 0 Å². The lowest BCUT2D eigenvalue weighted by Gasteiger charge is -2.12. The number of hydrogen-bond donors (Lipinski definition) is 1. The number of benzene rings is 2. The molecular weight excluding hydrogens is 308 g/mol. The Hall–Kier alpha value is -1.72. The van der Waals surface area contributed by atoms with Gasteiger partial charge in [0, 0.05) is 22.1 Å². The summed E-state index contributed by atoms with van der Waals surface area (Å²) in [6.45, 7) is 0. The molecule has 2 rings (SSSR count). The zero-order chi connectivity index (χ0) is 13.8. The third kappa shape index (κ3) is 3.39. The normalized spacial score (nSPS) is 12.1. The Kier molecular flexibility index (Phi) is 4.29. The van der Waals surface area contributed by atoms with Gasteiger partial charge >= 0.3 is 0 Å². The van der Waals surface area contributed by atoms with E-state index in [0.29, 0.717) is 12.0 Å². The van der Waals surface area contributed by atoms with Crippen LogP contribution in [-0.4, -0.2) is 4.92 Å². The number of rotatable bonds is 4. The van der Waals surface area contributed by atoms with Crippen LogP contribution in [0.5, 0.6) is 0 Å². The molecule has 0 aliphatic heterocycles. The lowest BCUT2D eigenvalue weighted by atomic mass is 9.99. The van der Waals surface area contributed by atoms with Crippen LogP contribution in [0.1, 0.15) is 17.2 Å². The van der Waals surface area contributed by atoms with E-state index in [9.17, 15) is 10.1 Å². The maximum Gasteiger partial charge on any atom is 0.272 e. The van der Waals surface area contributed by atoms with E-state index in [2.05, 4.69) is 15.9 Å². The minimum absolute atomic E-state index is 0.106. The Labute approximate surface area is 119 Å². The number of nitro groups is 1. The summed E-state index contributed by atoms with van der Waals surface area (Å²) in [5.74, 6) is 0. The monoisotopic (exact) mass is 320 g/mol. The lowest BCUT2D eigenvalue weighted by molar-refractivity contribution is -0.385. The highest BCUT2D eigenvalue weighted by Gasteiger charge is 2.17. The van der Waals surface area contributed by atoms with Crippen molar-refractivity contribution in [3.63, 3.8) is 0 Å². The van der Waals surface area contributed by atoms with Gasteiger partial charge in [-0.25, -0.2) is 0 Å². The van der Waals surface area contributed by atoms with Crippen LogP contribution in [0.25, 0.3) is 0 Å². The molecule has 5 heteroatoms. The fraction of sp³-hybridized carbons (Fsp3) is 0.143. The summed E-state index contributed by atoms with van der Waals surface area (Å²) < 4.78 is 0.813. The van der Waals surface area contributed by atoms with Gasteiger partial charge in [0.15, 0.2) is 0 Å². The molecule has 0 saturated heterocycles. The van der Waals surface area contributed by atoms with Gasteiger partial charge in [0.2, 0.25) is 0 Å². The molecule has 19 heavy (non-hydrogen) atoms. The molecule has 0 saturated carbocycles. The molecular formula is C14H13BrN2O2. The number of nitrogens with two attached hydrogens (primary N) is 1. The van der Waals surface area contributed by atoms with Crippen LogP contribution < -0.4 is 5.73 Å². The van der Waals surface area contributed by atoms with Crippen molar-refractivity contribution in [2.75, 3.05) is 0 Å². The molecule has 0 aliphatic rings. The highest BCUT2D eigenvalue weighted by atomic mass is 79.9. The predicted molar refractivity (Wildman–Crippen MR) is 77.9 cm³/mol. The lowest BCUT2D eigenvalue weighted by Crippen LogP contribution is -2.14. The van der Waals surface area contributed by atoms with Crippen molar-refractivity contribution in [2.45, 2.75) is 12.5 Å². The molecule has 0 aromatic heterocycles. The average molecular weight is 321 g/mol. The number of nitro benzene ring substituents is 1. The second kappa shape index (κ2) is 5.95. The summed E-state index contributed by atoms with van der Waals surface area (Å²) >= 11 is 3.33. The van der Waals surface area contributed by atoms with Gasteiger partial charge in [-0.05, 0) is 24.1 Å². The molecule has 1 atom stereocenters. The second-order valence-corrected chi connectivity index (χ2v) is 5.17.